The van der Waals surface area contributed by atoms with E-state index in [2.05, 4.69) is 153 Å². The molecule has 0 saturated heterocycles. The lowest BCUT2D eigenvalue weighted by Crippen LogP contribution is -2.42. The van der Waals surface area contributed by atoms with Gasteiger partial charge in [-0.15, -0.1) is 0 Å². The zero-order chi connectivity index (χ0) is 38.5. The second kappa shape index (κ2) is 14.3. The van der Waals surface area contributed by atoms with Gasteiger partial charge < -0.3 is 0 Å². The van der Waals surface area contributed by atoms with Gasteiger partial charge in [0.15, 0.2) is 17.5 Å². The molecule has 0 aliphatic heterocycles. The van der Waals surface area contributed by atoms with Crippen LogP contribution in [0.3, 0.4) is 0 Å². The van der Waals surface area contributed by atoms with Gasteiger partial charge in [0.25, 0.3) is 0 Å². The van der Waals surface area contributed by atoms with E-state index in [1.165, 1.54) is 54.0 Å². The minimum Gasteiger partial charge on any atom is -0.208 e. The van der Waals surface area contributed by atoms with E-state index < -0.39 is 0 Å². The highest BCUT2D eigenvalue weighted by molar-refractivity contribution is 6.04. The standard InChI is InChI=1S/C53H44N4/c1-34-27-37-28-35(2)31-53(30-34,32-37)43-23-21-41(22-24-43)51-55-50(40-19-17-39(18-20-40)45-16-8-11-38-10-3-4-13-44(38)45)56-52(57-51)49-26-25-46(47-14-5-6-15-48(47)49)42-12-7-9-36(29-42)33-54/h3-26,29,34-35,37H,27-28,30-32H2,1-2H3/t34-,35+,37-,53?. The maximum absolute atomic E-state index is 9.64. The summed E-state index contributed by atoms with van der Waals surface area (Å²) in [5, 5.41) is 14.2. The van der Waals surface area contributed by atoms with Crippen LogP contribution in [-0.2, 0) is 5.41 Å². The molecule has 2 saturated carbocycles. The second-order valence-corrected chi connectivity index (χ2v) is 16.8. The molecular weight excluding hydrogens is 693 g/mol. The molecule has 2 fully saturated rings. The molecule has 0 radical (unpaired) electrons. The van der Waals surface area contributed by atoms with Crippen LogP contribution in [0.4, 0.5) is 0 Å². The smallest absolute Gasteiger partial charge is 0.164 e. The maximum Gasteiger partial charge on any atom is 0.164 e. The molecule has 0 N–H and O–H groups in total. The largest absolute Gasteiger partial charge is 0.208 e. The fraction of sp³-hybridized carbons (Fsp3) is 0.208. The topological polar surface area (TPSA) is 62.5 Å². The van der Waals surface area contributed by atoms with Gasteiger partial charge in [-0.05, 0) is 123 Å². The van der Waals surface area contributed by atoms with E-state index in [1.807, 2.05) is 18.2 Å². The minimum absolute atomic E-state index is 0.257. The molecule has 1 heterocycles. The van der Waals surface area contributed by atoms with Crippen LogP contribution in [0, 0.1) is 29.1 Å². The molecule has 0 spiro atoms. The van der Waals surface area contributed by atoms with Crippen molar-refractivity contribution in [2.24, 2.45) is 17.8 Å². The Balaban J connectivity index is 1.09. The van der Waals surface area contributed by atoms with Crippen LogP contribution in [-0.4, -0.2) is 15.0 Å². The summed E-state index contributed by atoms with van der Waals surface area (Å²) in [4.78, 5) is 15.6. The van der Waals surface area contributed by atoms with Crippen LogP contribution in [0.2, 0.25) is 0 Å². The van der Waals surface area contributed by atoms with Crippen molar-refractivity contribution in [3.05, 3.63) is 163 Å². The highest BCUT2D eigenvalue weighted by Crippen LogP contribution is 2.54. The molecule has 2 aliphatic rings. The first kappa shape index (κ1) is 35.0. The van der Waals surface area contributed by atoms with Gasteiger partial charge in [0.05, 0.1) is 11.6 Å². The van der Waals surface area contributed by atoms with Crippen molar-refractivity contribution in [3.8, 4) is 62.5 Å². The van der Waals surface area contributed by atoms with Crippen LogP contribution in [0.15, 0.2) is 152 Å². The molecule has 2 aliphatic carbocycles. The number of rotatable bonds is 6. The monoisotopic (exact) mass is 736 g/mol. The Morgan fingerprint density at radius 3 is 1.74 bits per heavy atom. The van der Waals surface area contributed by atoms with Crippen molar-refractivity contribution in [1.82, 2.24) is 15.0 Å². The lowest BCUT2D eigenvalue weighted by molar-refractivity contribution is 0.0780. The number of nitriles is 1. The molecule has 2 bridgehead atoms. The molecule has 10 rings (SSSR count). The quantitative estimate of drug-likeness (QED) is 0.170. The molecule has 57 heavy (non-hydrogen) atoms. The Morgan fingerprint density at radius 2 is 1.04 bits per heavy atom. The SMILES string of the molecule is C[C@@H]1C[C@@H]2C[C@H](C)CC(c3ccc(-c4nc(-c5ccc(-c6cccc7ccccc67)cc5)nc(-c5ccc(-c6cccc(C#N)c6)c6ccccc56)n4)cc3)(C1)C2. The molecule has 276 valence electrons. The van der Waals surface area contributed by atoms with Gasteiger partial charge >= 0.3 is 0 Å². The highest BCUT2D eigenvalue weighted by atomic mass is 15.0. The maximum atomic E-state index is 9.64. The molecule has 4 heteroatoms. The fourth-order valence-electron chi connectivity index (χ4n) is 10.6. The lowest BCUT2D eigenvalue weighted by Gasteiger charge is -2.50. The Hall–Kier alpha value is -6.44. The van der Waals surface area contributed by atoms with Crippen molar-refractivity contribution in [1.29, 1.82) is 5.26 Å². The van der Waals surface area contributed by atoms with Gasteiger partial charge in [-0.25, -0.2) is 15.0 Å². The second-order valence-electron chi connectivity index (χ2n) is 16.8. The van der Waals surface area contributed by atoms with E-state index >= 15 is 0 Å². The number of aromatic nitrogens is 3. The first-order chi connectivity index (χ1) is 27.9. The average Bonchev–Trinajstić information content (AvgIpc) is 3.25. The van der Waals surface area contributed by atoms with Crippen LogP contribution in [0.1, 0.15) is 57.1 Å². The summed E-state index contributed by atoms with van der Waals surface area (Å²) in [5.74, 6) is 4.28. The van der Waals surface area contributed by atoms with Crippen molar-refractivity contribution >= 4 is 21.5 Å². The van der Waals surface area contributed by atoms with Gasteiger partial charge in [-0.1, -0.05) is 147 Å². The Kier molecular flexibility index (Phi) is 8.75. The first-order valence-electron chi connectivity index (χ1n) is 20.4. The summed E-state index contributed by atoms with van der Waals surface area (Å²) >= 11 is 0. The molecule has 4 nitrogen and oxygen atoms in total. The molecular formula is C53H44N4. The number of fused-ring (bicyclic) bond motifs is 4. The highest BCUT2D eigenvalue weighted by Gasteiger charge is 2.45. The van der Waals surface area contributed by atoms with Crippen molar-refractivity contribution in [2.75, 3.05) is 0 Å². The third kappa shape index (κ3) is 6.48. The summed E-state index contributed by atoms with van der Waals surface area (Å²) in [5.41, 5.74) is 9.66. The van der Waals surface area contributed by atoms with E-state index in [0.717, 1.165) is 61.9 Å². The molecule has 1 aromatic heterocycles. The van der Waals surface area contributed by atoms with Gasteiger partial charge in [-0.2, -0.15) is 5.26 Å². The van der Waals surface area contributed by atoms with Crippen LogP contribution >= 0.6 is 0 Å². The van der Waals surface area contributed by atoms with Crippen LogP contribution in [0.5, 0.6) is 0 Å². The van der Waals surface area contributed by atoms with Crippen molar-refractivity contribution in [2.45, 2.75) is 51.4 Å². The Morgan fingerprint density at radius 1 is 0.491 bits per heavy atom. The predicted molar refractivity (Wildman–Crippen MR) is 233 cm³/mol. The number of benzene rings is 7. The molecule has 1 unspecified atom stereocenters. The summed E-state index contributed by atoms with van der Waals surface area (Å²) < 4.78 is 0. The molecule has 4 atom stereocenters. The summed E-state index contributed by atoms with van der Waals surface area (Å²) in [6, 6.07) is 55.6. The van der Waals surface area contributed by atoms with E-state index in [1.54, 1.807) is 0 Å². The number of hydrogen-bond donors (Lipinski definition) is 0. The molecule has 7 aromatic carbocycles. The first-order valence-corrected chi connectivity index (χ1v) is 20.4. The van der Waals surface area contributed by atoms with Crippen molar-refractivity contribution < 1.29 is 0 Å². The molecule has 0 amide bonds. The summed E-state index contributed by atoms with van der Waals surface area (Å²) in [7, 11) is 0. The zero-order valence-electron chi connectivity index (χ0n) is 32.5. The van der Waals surface area contributed by atoms with Crippen molar-refractivity contribution in [3.63, 3.8) is 0 Å². The summed E-state index contributed by atoms with van der Waals surface area (Å²) in [6.07, 6.45) is 6.58. The average molecular weight is 737 g/mol. The summed E-state index contributed by atoms with van der Waals surface area (Å²) in [6.45, 7) is 4.90. The van der Waals surface area contributed by atoms with E-state index in [4.69, 9.17) is 15.0 Å². The fourth-order valence-corrected chi connectivity index (χ4v) is 10.6. The molecule has 8 aromatic rings. The Bertz CT molecular complexity index is 2810. The van der Waals surface area contributed by atoms with Gasteiger partial charge in [0.1, 0.15) is 0 Å². The van der Waals surface area contributed by atoms with E-state index in [-0.39, 0.29) is 5.41 Å². The lowest BCUT2D eigenvalue weighted by atomic mass is 9.54. The third-order valence-electron chi connectivity index (χ3n) is 12.7. The zero-order valence-corrected chi connectivity index (χ0v) is 32.5. The number of nitrogens with zero attached hydrogens (tertiary/aromatic N) is 4. The normalized spacial score (nSPS) is 20.3. The van der Waals surface area contributed by atoms with Crippen LogP contribution < -0.4 is 0 Å². The Labute approximate surface area is 334 Å². The third-order valence-corrected chi connectivity index (χ3v) is 12.7. The van der Waals surface area contributed by atoms with Crippen LogP contribution in [0.25, 0.3) is 78.0 Å². The predicted octanol–water partition coefficient (Wildman–Crippen LogP) is 13.5. The minimum atomic E-state index is 0.257. The number of hydrogen-bond acceptors (Lipinski definition) is 4. The van der Waals surface area contributed by atoms with E-state index in [0.29, 0.717) is 23.0 Å². The van der Waals surface area contributed by atoms with E-state index in [9.17, 15) is 5.26 Å². The van der Waals surface area contributed by atoms with Gasteiger partial charge in [-0.3, -0.25) is 0 Å². The van der Waals surface area contributed by atoms with Gasteiger partial charge in [0.2, 0.25) is 0 Å². The van der Waals surface area contributed by atoms with Gasteiger partial charge in [0, 0.05) is 16.7 Å².